The smallest absolute Gasteiger partial charge is 0.242 e. The lowest BCUT2D eigenvalue weighted by Crippen LogP contribution is -2.58. The minimum absolute atomic E-state index is 0.122. The molecular weight excluding hydrogens is 536 g/mol. The second kappa shape index (κ2) is 11.4. The Balaban J connectivity index is 1.40. The number of nitrogens with zero attached hydrogens (tertiary/aromatic N) is 1. The van der Waals surface area contributed by atoms with E-state index in [1.807, 2.05) is 77.5 Å². The van der Waals surface area contributed by atoms with Crippen molar-refractivity contribution in [2.45, 2.75) is 48.0 Å². The van der Waals surface area contributed by atoms with Gasteiger partial charge in [-0.15, -0.1) is 11.8 Å². The van der Waals surface area contributed by atoms with Crippen LogP contribution in [0.25, 0.3) is 0 Å². The molecule has 0 radical (unpaired) electrons. The van der Waals surface area contributed by atoms with Gasteiger partial charge < -0.3 is 10.4 Å². The van der Waals surface area contributed by atoms with Crippen LogP contribution in [0.15, 0.2) is 99.0 Å². The van der Waals surface area contributed by atoms with Crippen molar-refractivity contribution in [3.05, 3.63) is 105 Å². The number of carbonyl (C=O) groups excluding carboxylic acids is 2. The van der Waals surface area contributed by atoms with Crippen LogP contribution in [0.1, 0.15) is 43.4 Å². The van der Waals surface area contributed by atoms with E-state index in [2.05, 4.69) is 5.32 Å². The van der Waals surface area contributed by atoms with Gasteiger partial charge in [-0.05, 0) is 83.6 Å². The zero-order chi connectivity index (χ0) is 26.7. The number of allylic oxidation sites excluding steroid dienone is 3. The molecule has 194 valence electrons. The average molecular weight is 563 g/mol. The number of halogens is 1. The fraction of sp³-hybridized carbons (Fsp3) is 0.233. The van der Waals surface area contributed by atoms with Crippen molar-refractivity contribution < 1.29 is 14.7 Å². The SMILES string of the molecule is CC(O)c1cccc(N=C2C=CC=C(C3(c4ccsc4)CC(=O)C(Sc4ccccc4Cl)C(=O)N3)CC2)c1. The molecule has 5 rings (SSSR count). The maximum atomic E-state index is 13.5. The summed E-state index contributed by atoms with van der Waals surface area (Å²) in [6.45, 7) is 1.73. The van der Waals surface area contributed by atoms with Crippen molar-refractivity contribution in [1.29, 1.82) is 0 Å². The third kappa shape index (κ3) is 5.57. The van der Waals surface area contributed by atoms with E-state index in [0.29, 0.717) is 22.8 Å². The van der Waals surface area contributed by atoms with E-state index in [1.165, 1.54) is 11.8 Å². The number of ketones is 1. The minimum atomic E-state index is -0.905. The number of amides is 1. The van der Waals surface area contributed by atoms with Crippen LogP contribution < -0.4 is 5.32 Å². The van der Waals surface area contributed by atoms with Crippen molar-refractivity contribution >= 4 is 57.8 Å². The summed E-state index contributed by atoms with van der Waals surface area (Å²) in [5, 5.41) is 16.8. The molecule has 38 heavy (non-hydrogen) atoms. The van der Waals surface area contributed by atoms with Gasteiger partial charge in [0.05, 0.1) is 22.4 Å². The highest BCUT2D eigenvalue weighted by molar-refractivity contribution is 8.01. The monoisotopic (exact) mass is 562 g/mol. The Morgan fingerprint density at radius 2 is 2.00 bits per heavy atom. The second-order valence-electron chi connectivity index (χ2n) is 9.40. The number of hydrogen-bond donors (Lipinski definition) is 2. The van der Waals surface area contributed by atoms with Gasteiger partial charge >= 0.3 is 0 Å². The molecule has 2 aromatic carbocycles. The third-order valence-corrected chi connectivity index (χ3v) is 9.26. The maximum absolute atomic E-state index is 13.5. The quantitative estimate of drug-likeness (QED) is 0.319. The number of thioether (sulfide) groups is 1. The zero-order valence-corrected chi connectivity index (χ0v) is 23.2. The number of aliphatic hydroxyl groups is 1. The molecular formula is C30H27ClN2O3S2. The Hall–Kier alpha value is -2.97. The molecule has 3 unspecified atom stereocenters. The van der Waals surface area contributed by atoms with Gasteiger partial charge in [-0.3, -0.25) is 14.6 Å². The lowest BCUT2D eigenvalue weighted by molar-refractivity contribution is -0.133. The molecule has 1 aromatic heterocycles. The summed E-state index contributed by atoms with van der Waals surface area (Å²) in [5.74, 6) is -0.432. The molecule has 1 saturated heterocycles. The number of piperidine rings is 1. The van der Waals surface area contributed by atoms with E-state index in [-0.39, 0.29) is 18.1 Å². The highest BCUT2D eigenvalue weighted by Crippen LogP contribution is 2.43. The van der Waals surface area contributed by atoms with Gasteiger partial charge in [0.15, 0.2) is 5.78 Å². The molecule has 8 heteroatoms. The van der Waals surface area contributed by atoms with E-state index in [9.17, 15) is 14.7 Å². The molecule has 0 saturated carbocycles. The molecule has 2 aliphatic rings. The predicted octanol–water partition coefficient (Wildman–Crippen LogP) is 6.95. The molecule has 1 fully saturated rings. The fourth-order valence-electron chi connectivity index (χ4n) is 4.84. The molecule has 0 spiro atoms. The van der Waals surface area contributed by atoms with Crippen LogP contribution in [-0.4, -0.2) is 27.8 Å². The van der Waals surface area contributed by atoms with Crippen LogP contribution in [0.3, 0.4) is 0 Å². The van der Waals surface area contributed by atoms with Gasteiger partial charge in [0.1, 0.15) is 5.25 Å². The van der Waals surface area contributed by atoms with Crippen LogP contribution in [0.4, 0.5) is 5.69 Å². The Labute approximate surface area is 235 Å². The normalized spacial score (nSPS) is 23.6. The molecule has 2 heterocycles. The number of nitrogens with one attached hydrogen (secondary N) is 1. The molecule has 1 aliphatic carbocycles. The summed E-state index contributed by atoms with van der Waals surface area (Å²) in [7, 11) is 0. The molecule has 1 amide bonds. The van der Waals surface area contributed by atoms with Crippen LogP contribution >= 0.6 is 34.7 Å². The number of benzene rings is 2. The van der Waals surface area contributed by atoms with Crippen molar-refractivity contribution in [2.24, 2.45) is 4.99 Å². The number of aliphatic imine (C=N–C) groups is 1. The minimum Gasteiger partial charge on any atom is -0.389 e. The van der Waals surface area contributed by atoms with E-state index in [4.69, 9.17) is 16.6 Å². The lowest BCUT2D eigenvalue weighted by atomic mass is 9.75. The Kier molecular flexibility index (Phi) is 8.00. The van der Waals surface area contributed by atoms with E-state index in [1.54, 1.807) is 24.3 Å². The van der Waals surface area contributed by atoms with Crippen molar-refractivity contribution in [3.63, 3.8) is 0 Å². The largest absolute Gasteiger partial charge is 0.389 e. The van der Waals surface area contributed by atoms with Crippen molar-refractivity contribution in [1.82, 2.24) is 5.32 Å². The highest BCUT2D eigenvalue weighted by Gasteiger charge is 2.48. The Bertz CT molecular complexity index is 1430. The standard InChI is InChI=1S/C30H27ClN2O3S2/c1-19(34)20-6-4-9-24(16-20)32-23-8-5-7-21(12-13-23)30(22-14-15-37-18-22)17-26(35)28(29(36)33-30)38-27-11-3-2-10-25(27)31/h2-11,14-16,18-19,28,34H,12-13,17H2,1H3,(H,33,36). The topological polar surface area (TPSA) is 78.8 Å². The van der Waals surface area contributed by atoms with Crippen LogP contribution in [0, 0.1) is 0 Å². The number of thiophene rings is 1. The van der Waals surface area contributed by atoms with Gasteiger partial charge in [0, 0.05) is 17.0 Å². The van der Waals surface area contributed by atoms with Crippen LogP contribution in [-0.2, 0) is 15.1 Å². The van der Waals surface area contributed by atoms with Gasteiger partial charge in [0.25, 0.3) is 0 Å². The number of hydrogen-bond acceptors (Lipinski definition) is 6. The van der Waals surface area contributed by atoms with E-state index < -0.39 is 16.9 Å². The molecule has 3 atom stereocenters. The number of rotatable bonds is 6. The fourth-order valence-corrected chi connectivity index (χ4v) is 6.81. The molecule has 5 nitrogen and oxygen atoms in total. The number of Topliss-reactive ketones (excluding diaryl/α,β-unsaturated/α-hetero) is 1. The van der Waals surface area contributed by atoms with Crippen LogP contribution in [0.2, 0.25) is 5.02 Å². The van der Waals surface area contributed by atoms with E-state index >= 15 is 0 Å². The summed E-state index contributed by atoms with van der Waals surface area (Å²) in [5.41, 5.74) is 3.46. The van der Waals surface area contributed by atoms with Gasteiger partial charge in [-0.25, -0.2) is 0 Å². The average Bonchev–Trinajstić information content (AvgIpc) is 3.35. The summed E-state index contributed by atoms with van der Waals surface area (Å²) >= 11 is 9.05. The first-order valence-corrected chi connectivity index (χ1v) is 14.6. The van der Waals surface area contributed by atoms with Gasteiger partial charge in [-0.1, -0.05) is 48.0 Å². The number of aliphatic hydroxyl groups excluding tert-OH is 1. The molecule has 0 bridgehead atoms. The summed E-state index contributed by atoms with van der Waals surface area (Å²) in [4.78, 5) is 32.5. The Morgan fingerprint density at radius 3 is 2.74 bits per heavy atom. The van der Waals surface area contributed by atoms with Crippen LogP contribution in [0.5, 0.6) is 0 Å². The first-order chi connectivity index (χ1) is 18.4. The first-order valence-electron chi connectivity index (χ1n) is 12.4. The lowest BCUT2D eigenvalue weighted by Gasteiger charge is -2.41. The molecule has 3 aromatic rings. The van der Waals surface area contributed by atoms with Crippen molar-refractivity contribution in [2.75, 3.05) is 0 Å². The highest BCUT2D eigenvalue weighted by atomic mass is 35.5. The third-order valence-electron chi connectivity index (χ3n) is 6.81. The first kappa shape index (κ1) is 26.6. The maximum Gasteiger partial charge on any atom is 0.242 e. The zero-order valence-electron chi connectivity index (χ0n) is 20.8. The molecule has 2 N–H and O–H groups in total. The van der Waals surface area contributed by atoms with Gasteiger partial charge in [-0.2, -0.15) is 11.3 Å². The summed E-state index contributed by atoms with van der Waals surface area (Å²) < 4.78 is 0. The second-order valence-corrected chi connectivity index (χ2v) is 11.7. The molecule has 1 aliphatic heterocycles. The summed E-state index contributed by atoms with van der Waals surface area (Å²) in [6, 6.07) is 16.8. The van der Waals surface area contributed by atoms with Crippen molar-refractivity contribution in [3.8, 4) is 0 Å². The number of carbonyl (C=O) groups is 2. The van der Waals surface area contributed by atoms with Gasteiger partial charge in [0.2, 0.25) is 5.91 Å². The van der Waals surface area contributed by atoms with E-state index in [0.717, 1.165) is 28.1 Å². The summed E-state index contributed by atoms with van der Waals surface area (Å²) in [6.07, 6.45) is 6.79. The Morgan fingerprint density at radius 1 is 1.16 bits per heavy atom. The predicted molar refractivity (Wildman–Crippen MR) is 155 cm³/mol.